The number of amides is 1. The van der Waals surface area contributed by atoms with Crippen molar-refractivity contribution >= 4 is 22.2 Å². The molecule has 0 aliphatic rings. The van der Waals surface area contributed by atoms with Gasteiger partial charge in [0.2, 0.25) is 5.91 Å². The van der Waals surface area contributed by atoms with Crippen molar-refractivity contribution in [3.05, 3.63) is 53.9 Å². The van der Waals surface area contributed by atoms with E-state index in [4.69, 9.17) is 4.74 Å². The molecule has 0 aliphatic heterocycles. The Balaban J connectivity index is 1.95. The largest absolute Gasteiger partial charge is 0.365 e. The predicted molar refractivity (Wildman–Crippen MR) is 85.2 cm³/mol. The Hall–Kier alpha value is -1.95. The van der Waals surface area contributed by atoms with Crippen LogP contribution in [0.2, 0.25) is 0 Å². The summed E-state index contributed by atoms with van der Waals surface area (Å²) in [5.74, 6) is -0.296. The highest BCUT2D eigenvalue weighted by molar-refractivity contribution is 7.14. The second-order valence-electron chi connectivity index (χ2n) is 4.26. The van der Waals surface area contributed by atoms with Crippen LogP contribution >= 0.6 is 11.3 Å². The Morgan fingerprint density at radius 3 is 2.86 bits per heavy atom. The second-order valence-corrected chi connectivity index (χ2v) is 5.17. The molecule has 21 heavy (non-hydrogen) atoms. The van der Waals surface area contributed by atoms with Crippen LogP contribution in [-0.4, -0.2) is 23.9 Å². The van der Waals surface area contributed by atoms with Gasteiger partial charge in [-0.1, -0.05) is 30.3 Å². The maximum Gasteiger partial charge on any atom is 0.248 e. The Kier molecular flexibility index (Phi) is 5.68. The minimum absolute atomic E-state index is 0.296. The van der Waals surface area contributed by atoms with Gasteiger partial charge in [-0.25, -0.2) is 0 Å². The molecule has 0 fully saturated rings. The third-order valence-electron chi connectivity index (χ3n) is 2.70. The number of nitrogens with one attached hydrogen (secondary N) is 1. The first kappa shape index (κ1) is 15.4. The number of hydrogen-bond acceptors (Lipinski definition) is 4. The van der Waals surface area contributed by atoms with Crippen LogP contribution in [0.4, 0.5) is 5.00 Å². The lowest BCUT2D eigenvalue weighted by Gasteiger charge is -2.03. The van der Waals surface area contributed by atoms with Gasteiger partial charge >= 0.3 is 0 Å². The number of carbonyl (C=O) groups excluding carboxylic acids is 1. The first-order chi connectivity index (χ1) is 10.2. The van der Waals surface area contributed by atoms with Gasteiger partial charge < -0.3 is 15.2 Å². The van der Waals surface area contributed by atoms with E-state index >= 15 is 0 Å². The fraction of sp³-hybridized carbons (Fsp3) is 0.188. The van der Waals surface area contributed by atoms with Gasteiger partial charge in [-0.05, 0) is 30.2 Å². The van der Waals surface area contributed by atoms with E-state index < -0.39 is 6.29 Å². The van der Waals surface area contributed by atoms with E-state index in [1.807, 2.05) is 41.8 Å². The zero-order valence-corrected chi connectivity index (χ0v) is 12.5. The summed E-state index contributed by atoms with van der Waals surface area (Å²) in [6, 6.07) is 11.9. The first-order valence-electron chi connectivity index (χ1n) is 6.62. The highest BCUT2D eigenvalue weighted by Gasteiger charge is 2.05. The van der Waals surface area contributed by atoms with Gasteiger partial charge in [0.05, 0.1) is 5.00 Å². The third-order valence-corrected chi connectivity index (χ3v) is 3.55. The van der Waals surface area contributed by atoms with Crippen molar-refractivity contribution in [2.45, 2.75) is 13.2 Å². The molecule has 1 atom stereocenters. The summed E-state index contributed by atoms with van der Waals surface area (Å²) in [5.41, 5.74) is 2.17. The molecule has 110 valence electrons. The molecule has 0 radical (unpaired) electrons. The molecule has 1 heterocycles. The molecule has 0 aliphatic carbocycles. The van der Waals surface area contributed by atoms with Crippen molar-refractivity contribution in [2.75, 3.05) is 11.9 Å². The number of hydrogen-bond donors (Lipinski definition) is 2. The SMILES string of the molecule is CCOC(O)/C=C/C(=O)Nc1cc(-c2ccccc2)cs1. The number of anilines is 1. The molecule has 1 unspecified atom stereocenters. The summed E-state index contributed by atoms with van der Waals surface area (Å²) in [6.45, 7) is 2.16. The number of thiophene rings is 1. The monoisotopic (exact) mass is 303 g/mol. The van der Waals surface area contributed by atoms with Crippen molar-refractivity contribution in [1.29, 1.82) is 0 Å². The summed E-state index contributed by atoms with van der Waals surface area (Å²) in [4.78, 5) is 11.7. The smallest absolute Gasteiger partial charge is 0.248 e. The predicted octanol–water partition coefficient (Wildman–Crippen LogP) is 3.26. The first-order valence-corrected chi connectivity index (χ1v) is 7.50. The molecule has 4 nitrogen and oxygen atoms in total. The van der Waals surface area contributed by atoms with Gasteiger partial charge in [-0.15, -0.1) is 11.3 Å². The zero-order chi connectivity index (χ0) is 15.1. The number of rotatable bonds is 6. The molecular formula is C16H17NO3S. The lowest BCUT2D eigenvalue weighted by Crippen LogP contribution is -2.11. The van der Waals surface area contributed by atoms with Crippen LogP contribution < -0.4 is 5.32 Å². The lowest BCUT2D eigenvalue weighted by atomic mass is 10.1. The van der Waals surface area contributed by atoms with E-state index in [2.05, 4.69) is 5.32 Å². The van der Waals surface area contributed by atoms with Crippen LogP contribution in [0.3, 0.4) is 0 Å². The minimum atomic E-state index is -1.05. The van der Waals surface area contributed by atoms with Crippen LogP contribution in [0.25, 0.3) is 11.1 Å². The van der Waals surface area contributed by atoms with Crippen molar-refractivity contribution in [3.8, 4) is 11.1 Å². The summed E-state index contributed by atoms with van der Waals surface area (Å²) in [6.07, 6.45) is 1.52. The maximum absolute atomic E-state index is 11.7. The van der Waals surface area contributed by atoms with Gasteiger partial charge in [0.15, 0.2) is 6.29 Å². The zero-order valence-electron chi connectivity index (χ0n) is 11.7. The average molecular weight is 303 g/mol. The molecule has 0 spiro atoms. The molecule has 2 aromatic rings. The van der Waals surface area contributed by atoms with Gasteiger partial charge in [0, 0.05) is 18.1 Å². The van der Waals surface area contributed by atoms with Gasteiger partial charge in [-0.2, -0.15) is 0 Å². The molecule has 0 saturated heterocycles. The minimum Gasteiger partial charge on any atom is -0.365 e. The molecule has 1 aromatic heterocycles. The van der Waals surface area contributed by atoms with E-state index in [0.717, 1.165) is 16.1 Å². The van der Waals surface area contributed by atoms with E-state index in [1.54, 1.807) is 6.92 Å². The molecule has 0 bridgehead atoms. The highest BCUT2D eigenvalue weighted by Crippen LogP contribution is 2.28. The van der Waals surface area contributed by atoms with Gasteiger partial charge in [0.25, 0.3) is 0 Å². The Morgan fingerprint density at radius 1 is 1.38 bits per heavy atom. The summed E-state index contributed by atoms with van der Waals surface area (Å²) >= 11 is 1.46. The number of aliphatic hydroxyl groups is 1. The normalized spacial score (nSPS) is 12.5. The summed E-state index contributed by atoms with van der Waals surface area (Å²) in [5, 5.41) is 14.8. The maximum atomic E-state index is 11.7. The molecule has 1 aromatic carbocycles. The fourth-order valence-electron chi connectivity index (χ4n) is 1.74. The molecule has 0 saturated carbocycles. The molecule has 5 heteroatoms. The van der Waals surface area contributed by atoms with Crippen LogP contribution in [0.1, 0.15) is 6.92 Å². The van der Waals surface area contributed by atoms with Crippen molar-refractivity contribution < 1.29 is 14.6 Å². The molecule has 2 rings (SSSR count). The summed E-state index contributed by atoms with van der Waals surface area (Å²) < 4.78 is 4.90. The average Bonchev–Trinajstić information content (AvgIpc) is 2.95. The highest BCUT2D eigenvalue weighted by atomic mass is 32.1. The molecule has 1 amide bonds. The number of benzene rings is 1. The van der Waals surface area contributed by atoms with E-state index in [0.29, 0.717) is 6.61 Å². The van der Waals surface area contributed by atoms with Crippen molar-refractivity contribution in [2.24, 2.45) is 0 Å². The van der Waals surface area contributed by atoms with Crippen molar-refractivity contribution in [3.63, 3.8) is 0 Å². The van der Waals surface area contributed by atoms with Gasteiger partial charge in [0.1, 0.15) is 0 Å². The standard InChI is InChI=1S/C16H17NO3S/c1-2-20-16(19)9-8-14(18)17-15-10-13(11-21-15)12-6-4-3-5-7-12/h3-11,16,19H,2H2,1H3,(H,17,18)/b9-8+. The molecular weight excluding hydrogens is 286 g/mol. The topological polar surface area (TPSA) is 58.6 Å². The quantitative estimate of drug-likeness (QED) is 0.636. The van der Waals surface area contributed by atoms with Crippen LogP contribution in [0, 0.1) is 0 Å². The fourth-order valence-corrected chi connectivity index (χ4v) is 2.56. The van der Waals surface area contributed by atoms with E-state index in [9.17, 15) is 9.90 Å². The van der Waals surface area contributed by atoms with E-state index in [1.165, 1.54) is 23.5 Å². The second kappa shape index (κ2) is 7.73. The lowest BCUT2D eigenvalue weighted by molar-refractivity contribution is -0.112. The third kappa shape index (κ3) is 4.82. The molecule has 2 N–H and O–H groups in total. The number of aliphatic hydroxyl groups excluding tert-OH is 1. The Morgan fingerprint density at radius 2 is 2.14 bits per heavy atom. The number of ether oxygens (including phenoxy) is 1. The van der Waals surface area contributed by atoms with Crippen LogP contribution in [0.5, 0.6) is 0 Å². The number of carbonyl (C=O) groups is 1. The Bertz CT molecular complexity index is 607. The van der Waals surface area contributed by atoms with Crippen LogP contribution in [-0.2, 0) is 9.53 Å². The Labute approximate surface area is 127 Å². The van der Waals surface area contributed by atoms with Crippen molar-refractivity contribution in [1.82, 2.24) is 0 Å². The van der Waals surface area contributed by atoms with E-state index in [-0.39, 0.29) is 5.91 Å². The van der Waals surface area contributed by atoms with Gasteiger partial charge in [-0.3, -0.25) is 4.79 Å². The summed E-state index contributed by atoms with van der Waals surface area (Å²) in [7, 11) is 0. The van der Waals surface area contributed by atoms with Crippen LogP contribution in [0.15, 0.2) is 53.9 Å².